The second-order valence-corrected chi connectivity index (χ2v) is 6.37. The summed E-state index contributed by atoms with van der Waals surface area (Å²) in [6.07, 6.45) is 6.79. The molecule has 0 aromatic rings. The number of carbonyl (C=O) groups is 2. The summed E-state index contributed by atoms with van der Waals surface area (Å²) >= 11 is 0. The molecule has 1 unspecified atom stereocenters. The highest BCUT2D eigenvalue weighted by Crippen LogP contribution is 2.18. The molecular weight excluding hydrogens is 266 g/mol. The molecule has 1 heterocycles. The molecule has 21 heavy (non-hydrogen) atoms. The van der Waals surface area contributed by atoms with Crippen molar-refractivity contribution in [1.29, 1.82) is 0 Å². The van der Waals surface area contributed by atoms with E-state index in [0.29, 0.717) is 12.6 Å². The summed E-state index contributed by atoms with van der Waals surface area (Å²) in [4.78, 5) is 28.4. The second-order valence-electron chi connectivity index (χ2n) is 6.37. The van der Waals surface area contributed by atoms with Crippen LogP contribution in [-0.2, 0) is 9.59 Å². The number of nitrogens with one attached hydrogen (secondary N) is 1. The van der Waals surface area contributed by atoms with Gasteiger partial charge in [-0.05, 0) is 26.2 Å². The lowest BCUT2D eigenvalue weighted by Crippen LogP contribution is -2.57. The fourth-order valence-corrected chi connectivity index (χ4v) is 3.20. The van der Waals surface area contributed by atoms with Crippen molar-refractivity contribution in [3.05, 3.63) is 0 Å². The monoisotopic (exact) mass is 295 g/mol. The number of hydrogen-bond donors (Lipinski definition) is 1. The minimum Gasteiger partial charge on any atom is -0.352 e. The van der Waals surface area contributed by atoms with E-state index in [9.17, 15) is 9.59 Å². The highest BCUT2D eigenvalue weighted by Gasteiger charge is 2.30. The standard InChI is InChI=1S/C16H29N3O2/c1-3-4-9-18-10-11-19(12-15(18)20)13(2)16(21)17-14-7-5-6-8-14/h13-14H,3-12H2,1-2H3,(H,17,21). The molecule has 5 nitrogen and oxygen atoms in total. The quantitative estimate of drug-likeness (QED) is 0.805. The molecule has 1 atom stereocenters. The van der Waals surface area contributed by atoms with Gasteiger partial charge in [-0.3, -0.25) is 14.5 Å². The summed E-state index contributed by atoms with van der Waals surface area (Å²) in [6, 6.07) is 0.143. The molecule has 1 N–H and O–H groups in total. The van der Waals surface area contributed by atoms with Crippen LogP contribution in [-0.4, -0.2) is 59.9 Å². The molecule has 0 radical (unpaired) electrons. The molecular formula is C16H29N3O2. The van der Waals surface area contributed by atoms with Crippen LogP contribution in [0.5, 0.6) is 0 Å². The van der Waals surface area contributed by atoms with E-state index in [1.165, 1.54) is 12.8 Å². The average Bonchev–Trinajstić information content (AvgIpc) is 2.98. The van der Waals surface area contributed by atoms with Crippen molar-refractivity contribution in [2.45, 2.75) is 64.5 Å². The third-order valence-electron chi connectivity index (χ3n) is 4.76. The lowest BCUT2D eigenvalue weighted by atomic mass is 10.1. The summed E-state index contributed by atoms with van der Waals surface area (Å²) in [5.74, 6) is 0.243. The SMILES string of the molecule is CCCCN1CCN(C(C)C(=O)NC2CCCC2)CC1=O. The molecule has 1 saturated heterocycles. The molecule has 0 spiro atoms. The number of unbranched alkanes of at least 4 members (excludes halogenated alkanes) is 1. The Kier molecular flexibility index (Phi) is 6.03. The molecule has 2 fully saturated rings. The Morgan fingerprint density at radius 1 is 1.33 bits per heavy atom. The Bertz CT molecular complexity index is 367. The van der Waals surface area contributed by atoms with Gasteiger partial charge >= 0.3 is 0 Å². The maximum atomic E-state index is 12.3. The van der Waals surface area contributed by atoms with Crippen molar-refractivity contribution < 1.29 is 9.59 Å². The lowest BCUT2D eigenvalue weighted by Gasteiger charge is -2.37. The largest absolute Gasteiger partial charge is 0.352 e. The number of carbonyl (C=O) groups excluding carboxylic acids is 2. The Balaban J connectivity index is 1.79. The van der Waals surface area contributed by atoms with Gasteiger partial charge in [0.2, 0.25) is 11.8 Å². The Morgan fingerprint density at radius 2 is 2.05 bits per heavy atom. The van der Waals surface area contributed by atoms with E-state index >= 15 is 0 Å². The first kappa shape index (κ1) is 16.3. The lowest BCUT2D eigenvalue weighted by molar-refractivity contribution is -0.139. The van der Waals surface area contributed by atoms with E-state index in [2.05, 4.69) is 12.2 Å². The van der Waals surface area contributed by atoms with E-state index in [-0.39, 0.29) is 17.9 Å². The number of piperazine rings is 1. The van der Waals surface area contributed by atoms with Crippen molar-refractivity contribution in [3.63, 3.8) is 0 Å². The topological polar surface area (TPSA) is 52.6 Å². The predicted octanol–water partition coefficient (Wildman–Crippen LogP) is 1.38. The number of amides is 2. The third-order valence-corrected chi connectivity index (χ3v) is 4.76. The average molecular weight is 295 g/mol. The van der Waals surface area contributed by atoms with Gasteiger partial charge in [0.25, 0.3) is 0 Å². The molecule has 2 aliphatic rings. The van der Waals surface area contributed by atoms with Gasteiger partial charge in [0.05, 0.1) is 12.6 Å². The Hall–Kier alpha value is -1.10. The van der Waals surface area contributed by atoms with Crippen molar-refractivity contribution in [2.75, 3.05) is 26.2 Å². The van der Waals surface area contributed by atoms with Crippen molar-refractivity contribution in [2.24, 2.45) is 0 Å². The van der Waals surface area contributed by atoms with Crippen LogP contribution in [0.2, 0.25) is 0 Å². The maximum absolute atomic E-state index is 12.3. The summed E-state index contributed by atoms with van der Waals surface area (Å²) in [5, 5.41) is 3.13. The fraction of sp³-hybridized carbons (Fsp3) is 0.875. The molecule has 1 aliphatic carbocycles. The van der Waals surface area contributed by atoms with Gasteiger partial charge in [-0.15, -0.1) is 0 Å². The highest BCUT2D eigenvalue weighted by molar-refractivity contribution is 5.84. The van der Waals surface area contributed by atoms with Crippen LogP contribution in [0.4, 0.5) is 0 Å². The number of rotatable bonds is 6. The second kappa shape index (κ2) is 7.78. The van der Waals surface area contributed by atoms with Crippen molar-refractivity contribution in [1.82, 2.24) is 15.1 Å². The van der Waals surface area contributed by atoms with E-state index in [4.69, 9.17) is 0 Å². The van der Waals surface area contributed by atoms with Crippen LogP contribution in [0.15, 0.2) is 0 Å². The highest BCUT2D eigenvalue weighted by atomic mass is 16.2. The summed E-state index contributed by atoms with van der Waals surface area (Å²) in [5.41, 5.74) is 0. The summed E-state index contributed by atoms with van der Waals surface area (Å²) < 4.78 is 0. The molecule has 1 aliphatic heterocycles. The summed E-state index contributed by atoms with van der Waals surface area (Å²) in [7, 11) is 0. The zero-order chi connectivity index (χ0) is 15.2. The first-order valence-electron chi connectivity index (χ1n) is 8.44. The van der Waals surface area contributed by atoms with Gasteiger partial charge in [-0.25, -0.2) is 0 Å². The first-order chi connectivity index (χ1) is 10.1. The third kappa shape index (κ3) is 4.43. The van der Waals surface area contributed by atoms with Gasteiger partial charge < -0.3 is 10.2 Å². The summed E-state index contributed by atoms with van der Waals surface area (Å²) in [6.45, 7) is 6.83. The molecule has 2 amide bonds. The van der Waals surface area contributed by atoms with Crippen LogP contribution >= 0.6 is 0 Å². The predicted molar refractivity (Wildman–Crippen MR) is 82.9 cm³/mol. The van der Waals surface area contributed by atoms with E-state index < -0.39 is 0 Å². The zero-order valence-electron chi connectivity index (χ0n) is 13.4. The van der Waals surface area contributed by atoms with Crippen LogP contribution < -0.4 is 5.32 Å². The van der Waals surface area contributed by atoms with Gasteiger partial charge in [-0.1, -0.05) is 26.2 Å². The molecule has 2 rings (SSSR count). The van der Waals surface area contributed by atoms with E-state index in [1.54, 1.807) is 0 Å². The normalized spacial score (nSPS) is 22.6. The van der Waals surface area contributed by atoms with Crippen LogP contribution in [0.3, 0.4) is 0 Å². The Morgan fingerprint density at radius 3 is 2.67 bits per heavy atom. The fourth-order valence-electron chi connectivity index (χ4n) is 3.20. The molecule has 120 valence electrons. The smallest absolute Gasteiger partial charge is 0.237 e. The first-order valence-corrected chi connectivity index (χ1v) is 8.44. The van der Waals surface area contributed by atoms with Crippen molar-refractivity contribution >= 4 is 11.8 Å². The van der Waals surface area contributed by atoms with Crippen molar-refractivity contribution in [3.8, 4) is 0 Å². The molecule has 0 aromatic heterocycles. The van der Waals surface area contributed by atoms with E-state index in [1.807, 2.05) is 16.7 Å². The number of hydrogen-bond acceptors (Lipinski definition) is 3. The van der Waals surface area contributed by atoms with Gasteiger partial charge in [0.1, 0.15) is 0 Å². The molecule has 0 aromatic carbocycles. The van der Waals surface area contributed by atoms with Crippen LogP contribution in [0.25, 0.3) is 0 Å². The minimum absolute atomic E-state index is 0.0803. The molecule has 5 heteroatoms. The van der Waals surface area contributed by atoms with Gasteiger partial charge in [0, 0.05) is 25.7 Å². The number of nitrogens with zero attached hydrogens (tertiary/aromatic N) is 2. The molecule has 1 saturated carbocycles. The zero-order valence-corrected chi connectivity index (χ0v) is 13.4. The Labute approximate surface area is 128 Å². The van der Waals surface area contributed by atoms with Crippen LogP contribution in [0.1, 0.15) is 52.4 Å². The van der Waals surface area contributed by atoms with E-state index in [0.717, 1.165) is 45.3 Å². The minimum atomic E-state index is -0.206. The van der Waals surface area contributed by atoms with Crippen LogP contribution in [0, 0.1) is 0 Å². The molecule has 0 bridgehead atoms. The van der Waals surface area contributed by atoms with Gasteiger partial charge in [-0.2, -0.15) is 0 Å². The van der Waals surface area contributed by atoms with Gasteiger partial charge in [0.15, 0.2) is 0 Å². The maximum Gasteiger partial charge on any atom is 0.237 e.